The number of carbonyl (C=O) groups excluding carboxylic acids is 3. The van der Waals surface area contributed by atoms with Gasteiger partial charge in [0.2, 0.25) is 0 Å². The molecule has 0 aromatic rings. The van der Waals surface area contributed by atoms with Gasteiger partial charge in [-0.25, -0.2) is 0 Å². The van der Waals surface area contributed by atoms with E-state index in [0.29, 0.717) is 36.5 Å². The van der Waals surface area contributed by atoms with E-state index in [1.54, 1.807) is 0 Å². The minimum Gasteiger partial charge on any atom is -0.463 e. The number of allylic oxidation sites excluding steroid dienone is 1. The normalized spacial score (nSPS) is 43.6. The van der Waals surface area contributed by atoms with Crippen molar-refractivity contribution in [2.75, 3.05) is 0 Å². The van der Waals surface area contributed by atoms with Crippen LogP contribution in [0.15, 0.2) is 11.6 Å². The Balaban J connectivity index is 1.59. The van der Waals surface area contributed by atoms with Crippen LogP contribution in [0.2, 0.25) is 0 Å². The van der Waals surface area contributed by atoms with E-state index in [1.807, 2.05) is 6.92 Å². The molecule has 3 fully saturated rings. The number of ether oxygens (including phenoxy) is 2. The van der Waals surface area contributed by atoms with Gasteiger partial charge < -0.3 is 9.47 Å². The third kappa shape index (κ3) is 3.23. The van der Waals surface area contributed by atoms with Crippen molar-refractivity contribution in [1.82, 2.24) is 0 Å². The number of esters is 2. The summed E-state index contributed by atoms with van der Waals surface area (Å²) in [5, 5.41) is 0. The largest absolute Gasteiger partial charge is 0.463 e. The van der Waals surface area contributed by atoms with Crippen molar-refractivity contribution in [2.24, 2.45) is 34.5 Å². The number of carbonyl (C=O) groups is 3. The van der Waals surface area contributed by atoms with E-state index < -0.39 is 5.41 Å². The molecule has 0 amide bonds. The van der Waals surface area contributed by atoms with Gasteiger partial charge in [0, 0.05) is 32.6 Å². The monoisotopic (exact) mass is 416 g/mol. The molecule has 8 atom stereocenters. The molecule has 0 aromatic heterocycles. The minimum atomic E-state index is -0.416. The number of ketones is 1. The lowest BCUT2D eigenvalue weighted by Crippen LogP contribution is -2.54. The second-order valence-corrected chi connectivity index (χ2v) is 10.7. The fourth-order valence-corrected chi connectivity index (χ4v) is 7.95. The van der Waals surface area contributed by atoms with Crippen molar-refractivity contribution < 1.29 is 23.9 Å². The molecule has 166 valence electrons. The van der Waals surface area contributed by atoms with Crippen molar-refractivity contribution in [3.63, 3.8) is 0 Å². The Morgan fingerprint density at radius 1 is 1.07 bits per heavy atom. The topological polar surface area (TPSA) is 69.7 Å². The maximum atomic E-state index is 13.4. The molecule has 5 heteroatoms. The number of rotatable bonds is 3. The summed E-state index contributed by atoms with van der Waals surface area (Å²) >= 11 is 0. The van der Waals surface area contributed by atoms with Crippen LogP contribution in [-0.4, -0.2) is 29.9 Å². The van der Waals surface area contributed by atoms with E-state index in [0.717, 1.165) is 32.1 Å². The van der Waals surface area contributed by atoms with Crippen LogP contribution >= 0.6 is 0 Å². The van der Waals surface area contributed by atoms with Crippen molar-refractivity contribution in [3.8, 4) is 0 Å². The minimum absolute atomic E-state index is 0.0554. The molecule has 0 spiro atoms. The lowest BCUT2D eigenvalue weighted by molar-refractivity contribution is -0.157. The number of Topliss-reactive ketones (excluding diaryl/α,β-unsaturated/α-hetero) is 1. The van der Waals surface area contributed by atoms with Crippen molar-refractivity contribution in [3.05, 3.63) is 11.6 Å². The number of fused-ring (bicyclic) bond motifs is 5. The van der Waals surface area contributed by atoms with Crippen molar-refractivity contribution in [2.45, 2.75) is 91.8 Å². The SMILES string of the molecule is CC(=O)OC1CC(=O)[C@@]2(C)C(=CC[C@@H]3[C@@H]2CC[C@]2(C)[C@@H](C(C)OC(C)=O)CC[C@@H]32)C1. The molecule has 0 saturated heterocycles. The Kier molecular flexibility index (Phi) is 5.39. The maximum absolute atomic E-state index is 13.4. The number of hydrogen-bond acceptors (Lipinski definition) is 5. The summed E-state index contributed by atoms with van der Waals surface area (Å²) in [5.74, 6) is 1.56. The van der Waals surface area contributed by atoms with Gasteiger partial charge in [-0.2, -0.15) is 0 Å². The average molecular weight is 417 g/mol. The Labute approximate surface area is 179 Å². The Morgan fingerprint density at radius 3 is 2.47 bits per heavy atom. The third-order valence-corrected chi connectivity index (χ3v) is 9.25. The highest BCUT2D eigenvalue weighted by molar-refractivity contribution is 5.90. The first-order valence-electron chi connectivity index (χ1n) is 11.6. The van der Waals surface area contributed by atoms with Gasteiger partial charge in [-0.1, -0.05) is 18.6 Å². The van der Waals surface area contributed by atoms with Crippen LogP contribution in [-0.2, 0) is 23.9 Å². The quantitative estimate of drug-likeness (QED) is 0.496. The van der Waals surface area contributed by atoms with Gasteiger partial charge in [-0.3, -0.25) is 14.4 Å². The first-order valence-corrected chi connectivity index (χ1v) is 11.6. The Hall–Kier alpha value is -1.65. The molecule has 0 aliphatic heterocycles. The van der Waals surface area contributed by atoms with Crippen LogP contribution < -0.4 is 0 Å². The zero-order valence-corrected chi connectivity index (χ0v) is 19.0. The molecule has 4 aliphatic rings. The summed E-state index contributed by atoms with van der Waals surface area (Å²) in [6.07, 6.45) is 8.33. The van der Waals surface area contributed by atoms with Crippen LogP contribution in [0, 0.1) is 34.5 Å². The molecule has 0 N–H and O–H groups in total. The summed E-state index contributed by atoms with van der Waals surface area (Å²) in [6, 6.07) is 0. The predicted molar refractivity (Wildman–Crippen MR) is 112 cm³/mol. The summed E-state index contributed by atoms with van der Waals surface area (Å²) in [7, 11) is 0. The molecule has 4 rings (SSSR count). The average Bonchev–Trinajstić information content (AvgIpc) is 2.99. The first kappa shape index (κ1) is 21.6. The Morgan fingerprint density at radius 2 is 1.80 bits per heavy atom. The second kappa shape index (κ2) is 7.49. The van der Waals surface area contributed by atoms with E-state index in [4.69, 9.17) is 9.47 Å². The van der Waals surface area contributed by atoms with E-state index in [9.17, 15) is 14.4 Å². The summed E-state index contributed by atoms with van der Waals surface area (Å²) in [5.41, 5.74) is 0.939. The fraction of sp³-hybridized carbons (Fsp3) is 0.800. The van der Waals surface area contributed by atoms with Crippen LogP contribution in [0.3, 0.4) is 0 Å². The molecule has 4 aliphatic carbocycles. The van der Waals surface area contributed by atoms with Crippen LogP contribution in [0.1, 0.15) is 79.6 Å². The van der Waals surface area contributed by atoms with Gasteiger partial charge in [-0.05, 0) is 69.1 Å². The molecular formula is C25H36O5. The smallest absolute Gasteiger partial charge is 0.302 e. The molecular weight excluding hydrogens is 380 g/mol. The first-order chi connectivity index (χ1) is 14.1. The fourth-order valence-electron chi connectivity index (χ4n) is 7.95. The summed E-state index contributed by atoms with van der Waals surface area (Å²) in [4.78, 5) is 36.3. The summed E-state index contributed by atoms with van der Waals surface area (Å²) < 4.78 is 11.0. The molecule has 0 heterocycles. The molecule has 0 radical (unpaired) electrons. The van der Waals surface area contributed by atoms with Gasteiger partial charge in [0.15, 0.2) is 0 Å². The maximum Gasteiger partial charge on any atom is 0.302 e. The van der Waals surface area contributed by atoms with E-state index in [2.05, 4.69) is 19.9 Å². The molecule has 5 nitrogen and oxygen atoms in total. The Bertz CT molecular complexity index is 784. The van der Waals surface area contributed by atoms with E-state index in [-0.39, 0.29) is 35.3 Å². The zero-order chi connectivity index (χ0) is 21.8. The van der Waals surface area contributed by atoms with Crippen molar-refractivity contribution in [1.29, 1.82) is 0 Å². The van der Waals surface area contributed by atoms with Gasteiger partial charge in [0.25, 0.3) is 0 Å². The van der Waals surface area contributed by atoms with E-state index >= 15 is 0 Å². The van der Waals surface area contributed by atoms with Crippen LogP contribution in [0.4, 0.5) is 0 Å². The summed E-state index contributed by atoms with van der Waals surface area (Å²) in [6.45, 7) is 9.50. The number of hydrogen-bond donors (Lipinski definition) is 0. The molecule has 0 bridgehead atoms. The lowest BCUT2D eigenvalue weighted by atomic mass is 9.47. The standard InChI is InChI=1S/C25H36O5/c1-14(29-15(2)26)20-8-9-21-19-7-6-17-12-18(30-16(3)27)13-23(28)25(17,5)22(19)10-11-24(20,21)4/h6,14,18-22H,7-13H2,1-5H3/t14?,18?,19-,20+,21-,22-,24+,25-/m0/s1. The van der Waals surface area contributed by atoms with Crippen molar-refractivity contribution >= 4 is 17.7 Å². The van der Waals surface area contributed by atoms with Crippen LogP contribution in [0.5, 0.6) is 0 Å². The predicted octanol–water partition coefficient (Wildman–Crippen LogP) is 4.63. The zero-order valence-electron chi connectivity index (χ0n) is 19.0. The van der Waals surface area contributed by atoms with Crippen LogP contribution in [0.25, 0.3) is 0 Å². The molecule has 2 unspecified atom stereocenters. The second-order valence-electron chi connectivity index (χ2n) is 10.7. The van der Waals surface area contributed by atoms with Gasteiger partial charge in [-0.15, -0.1) is 0 Å². The molecule has 30 heavy (non-hydrogen) atoms. The highest BCUT2D eigenvalue weighted by Gasteiger charge is 2.61. The van der Waals surface area contributed by atoms with Gasteiger partial charge >= 0.3 is 11.9 Å². The third-order valence-electron chi connectivity index (χ3n) is 9.25. The molecule has 0 aromatic carbocycles. The molecule has 3 saturated carbocycles. The van der Waals surface area contributed by atoms with Gasteiger partial charge in [0.1, 0.15) is 18.0 Å². The highest BCUT2D eigenvalue weighted by Crippen LogP contribution is 2.66. The highest BCUT2D eigenvalue weighted by atomic mass is 16.5. The van der Waals surface area contributed by atoms with E-state index in [1.165, 1.54) is 19.4 Å². The van der Waals surface area contributed by atoms with Gasteiger partial charge in [0.05, 0.1) is 5.41 Å². The lowest BCUT2D eigenvalue weighted by Gasteiger charge is -2.57.